The number of hydrogen-bond donors (Lipinski definition) is 3. The lowest BCUT2D eigenvalue weighted by Gasteiger charge is -2.20. The molecule has 0 bridgehead atoms. The van der Waals surface area contributed by atoms with Crippen LogP contribution < -0.4 is 10.6 Å². The molecule has 0 aliphatic carbocycles. The fourth-order valence-electron chi connectivity index (χ4n) is 2.21. The summed E-state index contributed by atoms with van der Waals surface area (Å²) in [7, 11) is 0. The molecule has 0 saturated carbocycles. The molecular formula is C19H22N2O3. The molecule has 3 N–H and O–H groups in total. The van der Waals surface area contributed by atoms with Crippen molar-refractivity contribution in [3.8, 4) is 5.75 Å². The second-order valence-corrected chi connectivity index (χ2v) is 6.68. The van der Waals surface area contributed by atoms with Crippen LogP contribution in [0.5, 0.6) is 5.75 Å². The van der Waals surface area contributed by atoms with Gasteiger partial charge in [0.2, 0.25) is 5.91 Å². The van der Waals surface area contributed by atoms with Crippen molar-refractivity contribution < 1.29 is 14.7 Å². The van der Waals surface area contributed by atoms with E-state index in [1.807, 2.05) is 20.8 Å². The van der Waals surface area contributed by atoms with Gasteiger partial charge >= 0.3 is 0 Å². The van der Waals surface area contributed by atoms with Crippen molar-refractivity contribution in [3.05, 3.63) is 59.7 Å². The Morgan fingerprint density at radius 3 is 2.42 bits per heavy atom. The minimum absolute atomic E-state index is 0.126. The Morgan fingerprint density at radius 1 is 1.04 bits per heavy atom. The van der Waals surface area contributed by atoms with E-state index in [4.69, 9.17) is 0 Å². The molecule has 0 unspecified atom stereocenters. The van der Waals surface area contributed by atoms with E-state index in [1.165, 1.54) is 0 Å². The largest absolute Gasteiger partial charge is 0.508 e. The number of nitrogens with one attached hydrogen (secondary N) is 2. The molecule has 0 aliphatic rings. The number of aromatic hydroxyl groups is 1. The van der Waals surface area contributed by atoms with E-state index < -0.39 is 0 Å². The van der Waals surface area contributed by atoms with E-state index in [9.17, 15) is 14.7 Å². The fourth-order valence-corrected chi connectivity index (χ4v) is 2.21. The van der Waals surface area contributed by atoms with Crippen molar-refractivity contribution >= 4 is 17.5 Å². The van der Waals surface area contributed by atoms with Crippen LogP contribution in [0.2, 0.25) is 0 Å². The van der Waals surface area contributed by atoms with Gasteiger partial charge in [0, 0.05) is 16.8 Å². The van der Waals surface area contributed by atoms with Gasteiger partial charge in [-0.05, 0) is 56.7 Å². The minimum Gasteiger partial charge on any atom is -0.508 e. The average molecular weight is 326 g/mol. The fraction of sp³-hybridized carbons (Fsp3) is 0.263. The van der Waals surface area contributed by atoms with Crippen molar-refractivity contribution in [1.82, 2.24) is 5.32 Å². The molecule has 2 amide bonds. The molecule has 0 aliphatic heterocycles. The maximum Gasteiger partial charge on any atom is 0.251 e. The third kappa shape index (κ3) is 5.43. The summed E-state index contributed by atoms with van der Waals surface area (Å²) in [6.07, 6.45) is 0.146. The summed E-state index contributed by atoms with van der Waals surface area (Å²) in [6, 6.07) is 13.4. The van der Waals surface area contributed by atoms with Gasteiger partial charge in [0.1, 0.15) is 5.75 Å². The van der Waals surface area contributed by atoms with Gasteiger partial charge in [0.15, 0.2) is 0 Å². The molecule has 24 heavy (non-hydrogen) atoms. The van der Waals surface area contributed by atoms with Crippen LogP contribution in [0.15, 0.2) is 48.5 Å². The van der Waals surface area contributed by atoms with Crippen LogP contribution in [-0.2, 0) is 11.2 Å². The van der Waals surface area contributed by atoms with Crippen molar-refractivity contribution in [2.45, 2.75) is 32.7 Å². The molecule has 0 aromatic heterocycles. The molecule has 2 aromatic rings. The lowest BCUT2D eigenvalue weighted by Crippen LogP contribution is -2.40. The molecule has 5 nitrogen and oxygen atoms in total. The smallest absolute Gasteiger partial charge is 0.251 e. The summed E-state index contributed by atoms with van der Waals surface area (Å²) in [4.78, 5) is 24.3. The number of hydrogen-bond acceptors (Lipinski definition) is 3. The summed E-state index contributed by atoms with van der Waals surface area (Å²) in [6.45, 7) is 5.73. The molecule has 0 fully saturated rings. The lowest BCUT2D eigenvalue weighted by molar-refractivity contribution is -0.115. The quantitative estimate of drug-likeness (QED) is 0.808. The summed E-state index contributed by atoms with van der Waals surface area (Å²) in [5, 5.41) is 15.1. The van der Waals surface area contributed by atoms with Crippen LogP contribution in [0, 0.1) is 0 Å². The number of anilines is 1. The van der Waals surface area contributed by atoms with Crippen LogP contribution in [0.4, 0.5) is 5.69 Å². The molecule has 0 atom stereocenters. The average Bonchev–Trinajstić information content (AvgIpc) is 2.45. The van der Waals surface area contributed by atoms with E-state index in [-0.39, 0.29) is 29.5 Å². The maximum absolute atomic E-state index is 12.2. The highest BCUT2D eigenvalue weighted by molar-refractivity contribution is 5.97. The van der Waals surface area contributed by atoms with Crippen LogP contribution in [-0.4, -0.2) is 22.5 Å². The highest BCUT2D eigenvalue weighted by Crippen LogP contribution is 2.14. The zero-order valence-electron chi connectivity index (χ0n) is 14.1. The van der Waals surface area contributed by atoms with Gasteiger partial charge in [-0.1, -0.05) is 18.2 Å². The topological polar surface area (TPSA) is 78.4 Å². The van der Waals surface area contributed by atoms with Gasteiger partial charge in [0.25, 0.3) is 5.91 Å². The van der Waals surface area contributed by atoms with Crippen molar-refractivity contribution in [1.29, 1.82) is 0 Å². The first-order valence-corrected chi connectivity index (χ1v) is 7.73. The normalized spacial score (nSPS) is 11.0. The monoisotopic (exact) mass is 326 g/mol. The van der Waals surface area contributed by atoms with Gasteiger partial charge in [-0.2, -0.15) is 0 Å². The summed E-state index contributed by atoms with van der Waals surface area (Å²) in [5.41, 5.74) is 1.43. The highest BCUT2D eigenvalue weighted by Gasteiger charge is 2.15. The molecule has 5 heteroatoms. The van der Waals surface area contributed by atoms with Crippen LogP contribution in [0.3, 0.4) is 0 Å². The summed E-state index contributed by atoms with van der Waals surface area (Å²) in [5.74, 6) is -0.276. The first kappa shape index (κ1) is 17.5. The number of carbonyl (C=O) groups is 2. The number of rotatable bonds is 4. The Labute approximate surface area is 141 Å². The third-order valence-corrected chi connectivity index (χ3v) is 3.17. The van der Waals surface area contributed by atoms with Gasteiger partial charge in [-0.15, -0.1) is 0 Å². The predicted octanol–water partition coefficient (Wildman–Crippen LogP) is 3.10. The van der Waals surface area contributed by atoms with Gasteiger partial charge in [-0.3, -0.25) is 9.59 Å². The first-order valence-electron chi connectivity index (χ1n) is 7.73. The highest BCUT2D eigenvalue weighted by atomic mass is 16.3. The summed E-state index contributed by atoms with van der Waals surface area (Å²) >= 11 is 0. The van der Waals surface area contributed by atoms with Crippen molar-refractivity contribution in [2.75, 3.05) is 5.32 Å². The number of carbonyl (C=O) groups excluding carboxylic acids is 2. The van der Waals surface area contributed by atoms with Gasteiger partial charge in [-0.25, -0.2) is 0 Å². The minimum atomic E-state index is -0.328. The Morgan fingerprint density at radius 2 is 1.75 bits per heavy atom. The van der Waals surface area contributed by atoms with Gasteiger partial charge < -0.3 is 15.7 Å². The van der Waals surface area contributed by atoms with E-state index >= 15 is 0 Å². The molecule has 0 spiro atoms. The Balaban J connectivity index is 2.03. The molecule has 2 aromatic carbocycles. The molecule has 0 heterocycles. The van der Waals surface area contributed by atoms with E-state index in [0.717, 1.165) is 0 Å². The molecule has 0 saturated heterocycles. The standard InChI is InChI=1S/C19H22N2O3/c1-19(2,3)21-18(24)14-7-5-8-15(12-14)20-17(23)11-13-6-4-9-16(22)10-13/h4-10,12,22H,11H2,1-3H3,(H,20,23)(H,21,24). The van der Waals surface area contributed by atoms with Crippen LogP contribution in [0.1, 0.15) is 36.7 Å². The Hall–Kier alpha value is -2.82. The lowest BCUT2D eigenvalue weighted by atomic mass is 10.1. The second kappa shape index (κ2) is 7.17. The van der Waals surface area contributed by atoms with Crippen LogP contribution >= 0.6 is 0 Å². The zero-order valence-corrected chi connectivity index (χ0v) is 14.1. The van der Waals surface area contributed by atoms with E-state index in [1.54, 1.807) is 48.5 Å². The van der Waals surface area contributed by atoms with Crippen LogP contribution in [0.25, 0.3) is 0 Å². The molecule has 2 rings (SSSR count). The Kier molecular flexibility index (Phi) is 5.24. The number of benzene rings is 2. The molecular weight excluding hydrogens is 304 g/mol. The van der Waals surface area contributed by atoms with Crippen molar-refractivity contribution in [3.63, 3.8) is 0 Å². The SMILES string of the molecule is CC(C)(C)NC(=O)c1cccc(NC(=O)Cc2cccc(O)c2)c1. The van der Waals surface area contributed by atoms with E-state index in [2.05, 4.69) is 10.6 Å². The number of phenolic OH excluding ortho intramolecular Hbond substituents is 1. The zero-order chi connectivity index (χ0) is 17.7. The molecule has 126 valence electrons. The Bertz CT molecular complexity index is 748. The van der Waals surface area contributed by atoms with Crippen molar-refractivity contribution in [2.24, 2.45) is 0 Å². The van der Waals surface area contributed by atoms with E-state index in [0.29, 0.717) is 16.8 Å². The van der Waals surface area contributed by atoms with Gasteiger partial charge in [0.05, 0.1) is 6.42 Å². The second-order valence-electron chi connectivity index (χ2n) is 6.68. The first-order chi connectivity index (χ1) is 11.2. The number of amides is 2. The number of phenols is 1. The summed E-state index contributed by atoms with van der Waals surface area (Å²) < 4.78 is 0. The maximum atomic E-state index is 12.2. The molecule has 0 radical (unpaired) electrons. The predicted molar refractivity (Wildman–Crippen MR) is 94.1 cm³/mol. The third-order valence-electron chi connectivity index (χ3n) is 3.17.